The Balaban J connectivity index is 1.42. The topological polar surface area (TPSA) is 35.6 Å². The zero-order chi connectivity index (χ0) is 16.6. The molecule has 0 unspecified atom stereocenters. The normalized spacial score (nSPS) is 15.6. The lowest BCUT2D eigenvalue weighted by atomic mass is 10.2. The molecule has 1 N–H and O–H groups in total. The van der Waals surface area contributed by atoms with Crippen molar-refractivity contribution in [2.45, 2.75) is 0 Å². The lowest BCUT2D eigenvalue weighted by Crippen LogP contribution is -2.49. The molecule has 1 saturated heterocycles. The van der Waals surface area contributed by atoms with Crippen LogP contribution in [0.5, 0.6) is 0 Å². The summed E-state index contributed by atoms with van der Waals surface area (Å²) in [5.41, 5.74) is 2.06. The van der Waals surface area contributed by atoms with E-state index in [4.69, 9.17) is 0 Å². The molecule has 124 valence electrons. The van der Waals surface area contributed by atoms with Gasteiger partial charge in [-0.2, -0.15) is 0 Å². The van der Waals surface area contributed by atoms with Gasteiger partial charge in [-0.1, -0.05) is 60.7 Å². The van der Waals surface area contributed by atoms with Crippen LogP contribution in [0.4, 0.5) is 10.5 Å². The highest BCUT2D eigenvalue weighted by Crippen LogP contribution is 2.09. The average molecular weight is 321 g/mol. The first-order chi connectivity index (χ1) is 11.8. The molecule has 1 aliphatic heterocycles. The Morgan fingerprint density at radius 2 is 1.54 bits per heavy atom. The summed E-state index contributed by atoms with van der Waals surface area (Å²) in [6, 6.07) is 19.9. The quantitative estimate of drug-likeness (QED) is 0.935. The van der Waals surface area contributed by atoms with Crippen molar-refractivity contribution in [3.63, 3.8) is 0 Å². The van der Waals surface area contributed by atoms with Gasteiger partial charge < -0.3 is 10.2 Å². The number of nitrogens with one attached hydrogen (secondary N) is 1. The Morgan fingerprint density at radius 3 is 2.21 bits per heavy atom. The maximum atomic E-state index is 12.3. The summed E-state index contributed by atoms with van der Waals surface area (Å²) in [7, 11) is 0. The second-order valence-corrected chi connectivity index (χ2v) is 5.90. The minimum absolute atomic E-state index is 0.0133. The second kappa shape index (κ2) is 8.31. The van der Waals surface area contributed by atoms with Crippen LogP contribution < -0.4 is 5.32 Å². The average Bonchev–Trinajstić information content (AvgIpc) is 2.64. The Morgan fingerprint density at radius 1 is 0.917 bits per heavy atom. The van der Waals surface area contributed by atoms with Gasteiger partial charge in [0.2, 0.25) is 0 Å². The first-order valence-corrected chi connectivity index (χ1v) is 8.36. The second-order valence-electron chi connectivity index (χ2n) is 5.90. The van der Waals surface area contributed by atoms with E-state index in [1.54, 1.807) is 0 Å². The molecule has 24 heavy (non-hydrogen) atoms. The number of hydrogen-bond acceptors (Lipinski definition) is 2. The van der Waals surface area contributed by atoms with E-state index in [9.17, 15) is 4.79 Å². The monoisotopic (exact) mass is 321 g/mol. The molecule has 1 aliphatic rings. The first kappa shape index (κ1) is 16.3. The molecule has 0 aromatic heterocycles. The summed E-state index contributed by atoms with van der Waals surface area (Å²) < 4.78 is 0. The van der Waals surface area contributed by atoms with Crippen molar-refractivity contribution in [1.29, 1.82) is 0 Å². The summed E-state index contributed by atoms with van der Waals surface area (Å²) in [4.78, 5) is 16.5. The molecule has 3 rings (SSSR count). The fraction of sp³-hybridized carbons (Fsp3) is 0.250. The minimum atomic E-state index is -0.0133. The Bertz CT molecular complexity index is 662. The van der Waals surface area contributed by atoms with Gasteiger partial charge in [-0.15, -0.1) is 0 Å². The van der Waals surface area contributed by atoms with Gasteiger partial charge >= 0.3 is 6.03 Å². The summed E-state index contributed by atoms with van der Waals surface area (Å²) >= 11 is 0. The van der Waals surface area contributed by atoms with Gasteiger partial charge in [-0.05, 0) is 17.7 Å². The number of anilines is 1. The number of para-hydroxylation sites is 1. The highest BCUT2D eigenvalue weighted by atomic mass is 16.2. The van der Waals surface area contributed by atoms with Crippen LogP contribution in [-0.2, 0) is 0 Å². The van der Waals surface area contributed by atoms with Gasteiger partial charge in [0.1, 0.15) is 0 Å². The number of urea groups is 1. The van der Waals surface area contributed by atoms with Gasteiger partial charge in [-0.25, -0.2) is 4.79 Å². The molecular formula is C20H23N3O. The van der Waals surface area contributed by atoms with Crippen LogP contribution in [-0.4, -0.2) is 48.6 Å². The predicted octanol–water partition coefficient (Wildman–Crippen LogP) is 3.55. The molecule has 2 aromatic rings. The SMILES string of the molecule is O=C(Nc1ccccc1)N1CCN(C/C=C\c2ccccc2)CC1. The van der Waals surface area contributed by atoms with Crippen molar-refractivity contribution in [3.8, 4) is 0 Å². The molecule has 0 aliphatic carbocycles. The van der Waals surface area contributed by atoms with Crippen LogP contribution in [0.25, 0.3) is 6.08 Å². The number of carbonyl (C=O) groups excluding carboxylic acids is 1. The molecule has 4 nitrogen and oxygen atoms in total. The van der Waals surface area contributed by atoms with Crippen molar-refractivity contribution in [1.82, 2.24) is 9.80 Å². The summed E-state index contributed by atoms with van der Waals surface area (Å²) in [6.07, 6.45) is 4.34. The molecular weight excluding hydrogens is 298 g/mol. The smallest absolute Gasteiger partial charge is 0.321 e. The van der Waals surface area contributed by atoms with Crippen molar-refractivity contribution < 1.29 is 4.79 Å². The third-order valence-electron chi connectivity index (χ3n) is 4.16. The predicted molar refractivity (Wildman–Crippen MR) is 98.9 cm³/mol. The molecule has 2 amide bonds. The van der Waals surface area contributed by atoms with Crippen LogP contribution >= 0.6 is 0 Å². The number of carbonyl (C=O) groups is 1. The molecule has 1 fully saturated rings. The standard InChI is InChI=1S/C20H23N3O/c24-20(21-19-11-5-2-6-12-19)23-16-14-22(15-17-23)13-7-10-18-8-3-1-4-9-18/h1-12H,13-17H2,(H,21,24)/b10-7-. The van der Waals surface area contributed by atoms with Crippen molar-refractivity contribution in [2.75, 3.05) is 38.0 Å². The zero-order valence-electron chi connectivity index (χ0n) is 13.8. The first-order valence-electron chi connectivity index (χ1n) is 8.36. The number of nitrogens with zero attached hydrogens (tertiary/aromatic N) is 2. The Labute approximate surface area is 143 Å². The third kappa shape index (κ3) is 4.70. The highest BCUT2D eigenvalue weighted by molar-refractivity contribution is 5.89. The molecule has 0 bridgehead atoms. The lowest BCUT2D eigenvalue weighted by molar-refractivity contribution is 0.156. The van der Waals surface area contributed by atoms with E-state index in [0.717, 1.165) is 38.4 Å². The number of amides is 2. The molecule has 0 saturated carbocycles. The fourth-order valence-electron chi connectivity index (χ4n) is 2.76. The van der Waals surface area contributed by atoms with Crippen molar-refractivity contribution in [3.05, 3.63) is 72.3 Å². The lowest BCUT2D eigenvalue weighted by Gasteiger charge is -2.34. The Kier molecular flexibility index (Phi) is 5.64. The van der Waals surface area contributed by atoms with Crippen LogP contribution in [0.15, 0.2) is 66.7 Å². The van der Waals surface area contributed by atoms with E-state index in [-0.39, 0.29) is 6.03 Å². The fourth-order valence-corrected chi connectivity index (χ4v) is 2.76. The number of piperazine rings is 1. The highest BCUT2D eigenvalue weighted by Gasteiger charge is 2.20. The summed E-state index contributed by atoms with van der Waals surface area (Å²) in [5, 5.41) is 2.95. The molecule has 0 radical (unpaired) electrons. The van der Waals surface area contributed by atoms with E-state index >= 15 is 0 Å². The van der Waals surface area contributed by atoms with Gasteiger partial charge in [0, 0.05) is 38.4 Å². The maximum absolute atomic E-state index is 12.3. The van der Waals surface area contributed by atoms with E-state index in [1.165, 1.54) is 5.56 Å². The van der Waals surface area contributed by atoms with Gasteiger partial charge in [0.25, 0.3) is 0 Å². The van der Waals surface area contributed by atoms with Crippen LogP contribution in [0.1, 0.15) is 5.56 Å². The van der Waals surface area contributed by atoms with Crippen LogP contribution in [0, 0.1) is 0 Å². The van der Waals surface area contributed by atoms with Crippen LogP contribution in [0.2, 0.25) is 0 Å². The van der Waals surface area contributed by atoms with Gasteiger partial charge in [0.15, 0.2) is 0 Å². The van der Waals surface area contributed by atoms with E-state index in [0.29, 0.717) is 0 Å². The number of hydrogen-bond donors (Lipinski definition) is 1. The number of rotatable bonds is 4. The zero-order valence-corrected chi connectivity index (χ0v) is 13.8. The van der Waals surface area contributed by atoms with Gasteiger partial charge in [-0.3, -0.25) is 4.90 Å². The third-order valence-corrected chi connectivity index (χ3v) is 4.16. The summed E-state index contributed by atoms with van der Waals surface area (Å²) in [6.45, 7) is 4.25. The molecule has 1 heterocycles. The van der Waals surface area contributed by atoms with Crippen LogP contribution in [0.3, 0.4) is 0 Å². The van der Waals surface area contributed by atoms with Crippen molar-refractivity contribution in [2.24, 2.45) is 0 Å². The largest absolute Gasteiger partial charge is 0.322 e. The minimum Gasteiger partial charge on any atom is -0.322 e. The molecule has 2 aromatic carbocycles. The molecule has 0 spiro atoms. The van der Waals surface area contributed by atoms with E-state index in [2.05, 4.69) is 34.5 Å². The maximum Gasteiger partial charge on any atom is 0.321 e. The Hall–Kier alpha value is -2.59. The molecule has 0 atom stereocenters. The molecule has 4 heteroatoms. The van der Waals surface area contributed by atoms with E-state index in [1.807, 2.05) is 53.4 Å². The van der Waals surface area contributed by atoms with Crippen molar-refractivity contribution >= 4 is 17.8 Å². The number of benzene rings is 2. The van der Waals surface area contributed by atoms with Gasteiger partial charge in [0.05, 0.1) is 0 Å². The summed E-state index contributed by atoms with van der Waals surface area (Å²) in [5.74, 6) is 0. The van der Waals surface area contributed by atoms with E-state index < -0.39 is 0 Å².